The van der Waals surface area contributed by atoms with Gasteiger partial charge in [0.25, 0.3) is 0 Å². The van der Waals surface area contributed by atoms with Gasteiger partial charge in [-0.05, 0) is 50.2 Å². The Morgan fingerprint density at radius 3 is 2.85 bits per heavy atom. The van der Waals surface area contributed by atoms with E-state index < -0.39 is 11.6 Å². The van der Waals surface area contributed by atoms with Crippen molar-refractivity contribution < 1.29 is 18.0 Å². The predicted octanol–water partition coefficient (Wildman–Crippen LogP) is 4.54. The number of piperidine rings is 1. The van der Waals surface area contributed by atoms with Crippen molar-refractivity contribution in [1.82, 2.24) is 10.5 Å². The molecule has 1 aromatic heterocycles. The van der Waals surface area contributed by atoms with Crippen LogP contribution in [0.1, 0.15) is 56.3 Å². The van der Waals surface area contributed by atoms with Gasteiger partial charge >= 0.3 is 0 Å². The average molecular weight is 374 g/mol. The summed E-state index contributed by atoms with van der Waals surface area (Å²) in [6.45, 7) is 2.62. The summed E-state index contributed by atoms with van der Waals surface area (Å²) in [5.41, 5.74) is 1.29. The predicted molar refractivity (Wildman–Crippen MR) is 96.1 cm³/mol. The number of nitrogens with zero attached hydrogens (tertiary/aromatic N) is 1. The van der Waals surface area contributed by atoms with Crippen LogP contribution in [0.3, 0.4) is 0 Å². The average Bonchev–Trinajstić information content (AvgIpc) is 3.36. The molecule has 1 saturated carbocycles. The minimum atomic E-state index is -0.886. The standard InChI is InChI=1S/C21H24F2N2O2/c1-11-7-13-8-14(9-18(11)24-13)26-10-16-20(25-27-21(16)12-5-6-12)15-3-2-4-17(22)19(15)23/h2-4,11-14,18,24H,5-10H2,1H3. The second-order valence-corrected chi connectivity index (χ2v) is 8.34. The summed E-state index contributed by atoms with van der Waals surface area (Å²) in [5, 5.41) is 7.75. The van der Waals surface area contributed by atoms with Crippen LogP contribution in [0.15, 0.2) is 22.7 Å². The maximum Gasteiger partial charge on any atom is 0.168 e. The Labute approximate surface area is 157 Å². The fraction of sp³-hybridized carbons (Fsp3) is 0.571. The van der Waals surface area contributed by atoms with E-state index in [4.69, 9.17) is 9.26 Å². The quantitative estimate of drug-likeness (QED) is 0.835. The zero-order chi connectivity index (χ0) is 18.5. The van der Waals surface area contributed by atoms with Crippen molar-refractivity contribution in [2.45, 2.75) is 69.7 Å². The van der Waals surface area contributed by atoms with Crippen LogP contribution in [0, 0.1) is 17.6 Å². The molecule has 4 unspecified atom stereocenters. The number of ether oxygens (including phenoxy) is 1. The zero-order valence-electron chi connectivity index (χ0n) is 15.4. The first-order chi connectivity index (χ1) is 13.1. The number of aromatic nitrogens is 1. The molecular weight excluding hydrogens is 350 g/mol. The maximum atomic E-state index is 14.3. The lowest BCUT2D eigenvalue weighted by molar-refractivity contribution is 0.00739. The highest BCUT2D eigenvalue weighted by Gasteiger charge is 2.39. The monoisotopic (exact) mass is 374 g/mol. The van der Waals surface area contributed by atoms with E-state index in [1.54, 1.807) is 6.07 Å². The Hall–Kier alpha value is -1.79. The summed E-state index contributed by atoms with van der Waals surface area (Å²) in [7, 11) is 0. The Balaban J connectivity index is 1.40. The topological polar surface area (TPSA) is 47.3 Å². The number of halogens is 2. The van der Waals surface area contributed by atoms with Gasteiger partial charge in [0.05, 0.1) is 12.7 Å². The van der Waals surface area contributed by atoms with E-state index in [1.807, 2.05) is 0 Å². The first-order valence-electron chi connectivity index (χ1n) is 9.90. The molecule has 5 rings (SSSR count). The largest absolute Gasteiger partial charge is 0.373 e. The molecule has 0 radical (unpaired) electrons. The number of rotatable bonds is 5. The highest BCUT2D eigenvalue weighted by Crippen LogP contribution is 2.45. The molecule has 0 spiro atoms. The Morgan fingerprint density at radius 1 is 1.22 bits per heavy atom. The van der Waals surface area contributed by atoms with Gasteiger partial charge in [-0.2, -0.15) is 0 Å². The third-order valence-electron chi connectivity index (χ3n) is 6.29. The van der Waals surface area contributed by atoms with E-state index in [1.165, 1.54) is 12.5 Å². The highest BCUT2D eigenvalue weighted by molar-refractivity contribution is 5.64. The molecule has 1 aromatic carbocycles. The lowest BCUT2D eigenvalue weighted by atomic mass is 9.99. The van der Waals surface area contributed by atoms with Crippen molar-refractivity contribution >= 4 is 0 Å². The summed E-state index contributed by atoms with van der Waals surface area (Å²) in [5.74, 6) is 0.0187. The number of benzene rings is 1. The molecule has 6 heteroatoms. The molecular formula is C21H24F2N2O2. The van der Waals surface area contributed by atoms with Gasteiger partial charge in [0, 0.05) is 29.1 Å². The smallest absolute Gasteiger partial charge is 0.168 e. The van der Waals surface area contributed by atoms with E-state index in [-0.39, 0.29) is 11.7 Å². The van der Waals surface area contributed by atoms with Crippen molar-refractivity contribution in [1.29, 1.82) is 0 Å². The van der Waals surface area contributed by atoms with Crippen molar-refractivity contribution in [3.8, 4) is 11.3 Å². The van der Waals surface area contributed by atoms with Crippen LogP contribution >= 0.6 is 0 Å². The zero-order valence-corrected chi connectivity index (χ0v) is 15.4. The summed E-state index contributed by atoms with van der Waals surface area (Å²) in [6, 6.07) is 5.19. The number of hydrogen-bond donors (Lipinski definition) is 1. The molecule has 1 aliphatic carbocycles. The van der Waals surface area contributed by atoms with Gasteiger partial charge < -0.3 is 14.6 Å². The number of fused-ring (bicyclic) bond motifs is 2. The summed E-state index contributed by atoms with van der Waals surface area (Å²) in [6.07, 6.45) is 5.45. The Bertz CT molecular complexity index is 847. The van der Waals surface area contributed by atoms with Gasteiger partial charge in [-0.1, -0.05) is 18.1 Å². The minimum Gasteiger partial charge on any atom is -0.373 e. The number of hydrogen-bond acceptors (Lipinski definition) is 4. The fourth-order valence-corrected chi connectivity index (χ4v) is 4.67. The highest BCUT2D eigenvalue weighted by atomic mass is 19.2. The molecule has 144 valence electrons. The molecule has 3 fully saturated rings. The first-order valence-corrected chi connectivity index (χ1v) is 9.90. The van der Waals surface area contributed by atoms with Crippen LogP contribution in [-0.2, 0) is 11.3 Å². The van der Waals surface area contributed by atoms with Gasteiger partial charge in [-0.15, -0.1) is 0 Å². The second-order valence-electron chi connectivity index (χ2n) is 8.34. The summed E-state index contributed by atoms with van der Waals surface area (Å²) >= 11 is 0. The molecule has 4 nitrogen and oxygen atoms in total. The Kier molecular flexibility index (Phi) is 4.28. The normalized spacial score (nSPS) is 30.0. The van der Waals surface area contributed by atoms with Crippen LogP contribution in [0.2, 0.25) is 0 Å². The van der Waals surface area contributed by atoms with E-state index >= 15 is 0 Å². The molecule has 3 heterocycles. The lowest BCUT2D eigenvalue weighted by Gasteiger charge is -2.29. The molecule has 4 atom stereocenters. The molecule has 1 N–H and O–H groups in total. The van der Waals surface area contributed by atoms with Gasteiger partial charge in [0.1, 0.15) is 11.5 Å². The molecule has 2 bridgehead atoms. The van der Waals surface area contributed by atoms with Crippen LogP contribution in [-0.4, -0.2) is 23.3 Å². The van der Waals surface area contributed by atoms with Crippen LogP contribution < -0.4 is 5.32 Å². The van der Waals surface area contributed by atoms with Crippen molar-refractivity contribution in [2.24, 2.45) is 5.92 Å². The SMILES string of the molecule is CC1CC2CC(OCc3c(-c4cccc(F)c4F)noc3C3CC3)CC1N2. The van der Waals surface area contributed by atoms with E-state index in [2.05, 4.69) is 17.4 Å². The van der Waals surface area contributed by atoms with E-state index in [0.29, 0.717) is 36.2 Å². The van der Waals surface area contributed by atoms with Gasteiger partial charge in [-0.25, -0.2) is 8.78 Å². The molecule has 2 aromatic rings. The van der Waals surface area contributed by atoms with Crippen LogP contribution in [0.4, 0.5) is 8.78 Å². The molecule has 2 saturated heterocycles. The van der Waals surface area contributed by atoms with Crippen molar-refractivity contribution in [2.75, 3.05) is 0 Å². The van der Waals surface area contributed by atoms with Gasteiger partial charge in [0.15, 0.2) is 11.6 Å². The fourth-order valence-electron chi connectivity index (χ4n) is 4.67. The maximum absolute atomic E-state index is 14.3. The molecule has 0 amide bonds. The van der Waals surface area contributed by atoms with Crippen molar-refractivity contribution in [3.63, 3.8) is 0 Å². The van der Waals surface area contributed by atoms with Gasteiger partial charge in [-0.3, -0.25) is 0 Å². The van der Waals surface area contributed by atoms with Crippen LogP contribution in [0.5, 0.6) is 0 Å². The second kappa shape index (κ2) is 6.67. The van der Waals surface area contributed by atoms with Gasteiger partial charge in [0.2, 0.25) is 0 Å². The summed E-state index contributed by atoms with van der Waals surface area (Å²) in [4.78, 5) is 0. The molecule has 27 heavy (non-hydrogen) atoms. The number of nitrogens with one attached hydrogen (secondary N) is 1. The van der Waals surface area contributed by atoms with E-state index in [9.17, 15) is 8.78 Å². The molecule has 3 aliphatic rings. The lowest BCUT2D eigenvalue weighted by Crippen LogP contribution is -2.42. The molecule has 2 aliphatic heterocycles. The third kappa shape index (κ3) is 3.19. The van der Waals surface area contributed by atoms with Crippen LogP contribution in [0.25, 0.3) is 11.3 Å². The Morgan fingerprint density at radius 2 is 2.07 bits per heavy atom. The minimum absolute atomic E-state index is 0.142. The third-order valence-corrected chi connectivity index (χ3v) is 6.29. The van der Waals surface area contributed by atoms with Crippen molar-refractivity contribution in [3.05, 3.63) is 41.2 Å². The van der Waals surface area contributed by atoms with E-state index in [0.717, 1.165) is 43.1 Å². The summed E-state index contributed by atoms with van der Waals surface area (Å²) < 4.78 is 39.8. The first kappa shape index (κ1) is 17.3.